The number of fused-ring (bicyclic) bond motifs is 1. The number of thiophene rings is 1. The second kappa shape index (κ2) is 8.87. The fraction of sp³-hybridized carbons (Fsp3) is 0.250. The Morgan fingerprint density at radius 2 is 2.07 bits per heavy atom. The van der Waals surface area contributed by atoms with E-state index in [1.165, 1.54) is 12.4 Å². The summed E-state index contributed by atoms with van der Waals surface area (Å²) in [7, 11) is 0. The summed E-state index contributed by atoms with van der Waals surface area (Å²) in [6, 6.07) is 6.34. The second-order valence-corrected chi connectivity index (χ2v) is 7.54. The van der Waals surface area contributed by atoms with Crippen molar-refractivity contribution in [2.45, 2.75) is 26.8 Å². The normalized spacial score (nSPS) is 10.7. The molecule has 0 saturated heterocycles. The predicted molar refractivity (Wildman–Crippen MR) is 113 cm³/mol. The molecule has 0 atom stereocenters. The number of benzene rings is 1. The van der Waals surface area contributed by atoms with E-state index in [9.17, 15) is 19.2 Å². The quantitative estimate of drug-likeness (QED) is 0.554. The summed E-state index contributed by atoms with van der Waals surface area (Å²) in [4.78, 5) is 53.5. The van der Waals surface area contributed by atoms with Crippen LogP contribution in [-0.2, 0) is 16.1 Å². The molecule has 0 aliphatic rings. The Morgan fingerprint density at radius 3 is 2.77 bits per heavy atom. The average Bonchev–Trinajstić information content (AvgIpc) is 3.06. The Labute approximate surface area is 175 Å². The molecule has 156 valence electrons. The van der Waals surface area contributed by atoms with E-state index in [0.717, 1.165) is 15.9 Å². The largest absolute Gasteiger partial charge is 0.462 e. The maximum absolute atomic E-state index is 12.8. The number of nitrogens with two attached hydrogens (primary N) is 1. The summed E-state index contributed by atoms with van der Waals surface area (Å²) in [5, 5.41) is 2.92. The molecule has 0 spiro atoms. The predicted octanol–water partition coefficient (Wildman–Crippen LogP) is 2.07. The fourth-order valence-electron chi connectivity index (χ4n) is 2.86. The molecule has 0 radical (unpaired) electrons. The molecule has 1 aromatic carbocycles. The zero-order valence-corrected chi connectivity index (χ0v) is 17.2. The Morgan fingerprint density at radius 1 is 1.30 bits per heavy atom. The SMILES string of the molecule is CCCOC(=O)c1cccc(NC(=O)Cn2cnc3sc(C(N)=O)c(C)c3c2=O)c1. The summed E-state index contributed by atoms with van der Waals surface area (Å²) in [5.74, 6) is -1.58. The molecule has 0 aliphatic carbocycles. The van der Waals surface area contributed by atoms with Crippen molar-refractivity contribution in [3.05, 3.63) is 57.0 Å². The van der Waals surface area contributed by atoms with E-state index < -0.39 is 23.3 Å². The third kappa shape index (κ3) is 4.38. The minimum Gasteiger partial charge on any atom is -0.462 e. The van der Waals surface area contributed by atoms with Crippen molar-refractivity contribution in [1.82, 2.24) is 9.55 Å². The van der Waals surface area contributed by atoms with Crippen LogP contribution >= 0.6 is 11.3 Å². The van der Waals surface area contributed by atoms with Crippen molar-refractivity contribution in [3.63, 3.8) is 0 Å². The van der Waals surface area contributed by atoms with Crippen LogP contribution in [0.25, 0.3) is 10.2 Å². The molecule has 2 amide bonds. The summed E-state index contributed by atoms with van der Waals surface area (Å²) in [5.41, 5.74) is 6.06. The number of hydrogen-bond acceptors (Lipinski definition) is 7. The van der Waals surface area contributed by atoms with Crippen LogP contribution in [0, 0.1) is 6.92 Å². The minimum absolute atomic E-state index is 0.267. The Hall–Kier alpha value is -3.53. The number of amides is 2. The van der Waals surface area contributed by atoms with Gasteiger partial charge in [-0.25, -0.2) is 9.78 Å². The number of aryl methyl sites for hydroxylation is 1. The van der Waals surface area contributed by atoms with Gasteiger partial charge in [0.2, 0.25) is 5.91 Å². The summed E-state index contributed by atoms with van der Waals surface area (Å²) in [6.45, 7) is 3.54. The molecule has 9 nitrogen and oxygen atoms in total. The van der Waals surface area contributed by atoms with Gasteiger partial charge in [0.1, 0.15) is 11.4 Å². The van der Waals surface area contributed by atoms with E-state index in [-0.39, 0.29) is 16.8 Å². The van der Waals surface area contributed by atoms with E-state index in [2.05, 4.69) is 10.3 Å². The van der Waals surface area contributed by atoms with Gasteiger partial charge >= 0.3 is 5.97 Å². The van der Waals surface area contributed by atoms with E-state index in [0.29, 0.717) is 34.7 Å². The number of rotatable bonds is 7. The van der Waals surface area contributed by atoms with Crippen LogP contribution in [0.3, 0.4) is 0 Å². The van der Waals surface area contributed by atoms with Crippen molar-refractivity contribution >= 4 is 45.0 Å². The standard InChI is InChI=1S/C20H20N4O5S/c1-3-7-29-20(28)12-5-4-6-13(8-12)23-14(25)9-24-10-22-18-15(19(24)27)11(2)16(30-18)17(21)26/h4-6,8,10H,3,7,9H2,1-2H3,(H2,21,26)(H,23,25). The number of aromatic nitrogens is 2. The monoisotopic (exact) mass is 428 g/mol. The third-order valence-electron chi connectivity index (χ3n) is 4.27. The lowest BCUT2D eigenvalue weighted by molar-refractivity contribution is -0.116. The first-order valence-corrected chi connectivity index (χ1v) is 9.98. The molecule has 0 saturated carbocycles. The lowest BCUT2D eigenvalue weighted by Gasteiger charge is -2.09. The zero-order chi connectivity index (χ0) is 21.8. The Bertz CT molecular complexity index is 1200. The number of nitrogens with zero attached hydrogens (tertiary/aromatic N) is 2. The molecule has 10 heteroatoms. The number of hydrogen-bond donors (Lipinski definition) is 2. The first-order valence-electron chi connectivity index (χ1n) is 9.17. The van der Waals surface area contributed by atoms with E-state index >= 15 is 0 Å². The number of nitrogens with one attached hydrogen (secondary N) is 1. The van der Waals surface area contributed by atoms with Crippen LogP contribution in [0.1, 0.15) is 38.9 Å². The molecule has 30 heavy (non-hydrogen) atoms. The molecule has 2 heterocycles. The van der Waals surface area contributed by atoms with Crippen LogP contribution in [0.5, 0.6) is 0 Å². The Kier molecular flexibility index (Phi) is 6.26. The third-order valence-corrected chi connectivity index (χ3v) is 5.49. The minimum atomic E-state index is -0.628. The molecular formula is C20H20N4O5S. The van der Waals surface area contributed by atoms with Crippen LogP contribution < -0.4 is 16.6 Å². The highest BCUT2D eigenvalue weighted by Crippen LogP contribution is 2.26. The van der Waals surface area contributed by atoms with Crippen molar-refractivity contribution in [2.24, 2.45) is 5.73 Å². The number of ether oxygens (including phenoxy) is 1. The van der Waals surface area contributed by atoms with Gasteiger partial charge < -0.3 is 15.8 Å². The van der Waals surface area contributed by atoms with Gasteiger partial charge in [0.25, 0.3) is 11.5 Å². The highest BCUT2D eigenvalue weighted by molar-refractivity contribution is 7.20. The molecule has 3 rings (SSSR count). The van der Waals surface area contributed by atoms with Gasteiger partial charge in [-0.05, 0) is 37.1 Å². The highest BCUT2D eigenvalue weighted by atomic mass is 32.1. The number of esters is 1. The first kappa shape index (κ1) is 21.2. The topological polar surface area (TPSA) is 133 Å². The van der Waals surface area contributed by atoms with Crippen LogP contribution in [0.2, 0.25) is 0 Å². The van der Waals surface area contributed by atoms with Gasteiger partial charge in [-0.1, -0.05) is 13.0 Å². The van der Waals surface area contributed by atoms with Gasteiger partial charge in [-0.2, -0.15) is 0 Å². The molecule has 0 bridgehead atoms. The molecule has 0 aliphatic heterocycles. The number of carbonyl (C=O) groups excluding carboxylic acids is 3. The summed E-state index contributed by atoms with van der Waals surface area (Å²) in [6.07, 6.45) is 1.96. The van der Waals surface area contributed by atoms with Crippen molar-refractivity contribution in [3.8, 4) is 0 Å². The van der Waals surface area contributed by atoms with Crippen LogP contribution in [-0.4, -0.2) is 33.9 Å². The van der Waals surface area contributed by atoms with Crippen LogP contribution in [0.15, 0.2) is 35.4 Å². The van der Waals surface area contributed by atoms with Gasteiger partial charge in [-0.15, -0.1) is 11.3 Å². The van der Waals surface area contributed by atoms with Crippen molar-refractivity contribution in [2.75, 3.05) is 11.9 Å². The molecule has 2 aromatic heterocycles. The fourth-order valence-corrected chi connectivity index (χ4v) is 3.86. The number of primary amides is 1. The number of carbonyl (C=O) groups is 3. The highest BCUT2D eigenvalue weighted by Gasteiger charge is 2.18. The summed E-state index contributed by atoms with van der Waals surface area (Å²) < 4.78 is 6.24. The van der Waals surface area contributed by atoms with Gasteiger partial charge in [0.05, 0.1) is 28.8 Å². The molecular weight excluding hydrogens is 408 g/mol. The van der Waals surface area contributed by atoms with Crippen molar-refractivity contribution in [1.29, 1.82) is 0 Å². The average molecular weight is 428 g/mol. The molecule has 0 unspecified atom stereocenters. The first-order chi connectivity index (χ1) is 14.3. The second-order valence-electron chi connectivity index (χ2n) is 6.54. The molecule has 0 fully saturated rings. The Balaban J connectivity index is 1.78. The van der Waals surface area contributed by atoms with E-state index in [1.807, 2.05) is 6.92 Å². The van der Waals surface area contributed by atoms with Gasteiger partial charge in [-0.3, -0.25) is 19.0 Å². The smallest absolute Gasteiger partial charge is 0.338 e. The van der Waals surface area contributed by atoms with Crippen molar-refractivity contribution < 1.29 is 19.1 Å². The number of anilines is 1. The maximum Gasteiger partial charge on any atom is 0.338 e. The maximum atomic E-state index is 12.8. The van der Waals surface area contributed by atoms with E-state index in [4.69, 9.17) is 10.5 Å². The lowest BCUT2D eigenvalue weighted by Crippen LogP contribution is -2.28. The lowest BCUT2D eigenvalue weighted by atomic mass is 10.2. The van der Waals surface area contributed by atoms with E-state index in [1.54, 1.807) is 25.1 Å². The van der Waals surface area contributed by atoms with Crippen LogP contribution in [0.4, 0.5) is 5.69 Å². The zero-order valence-electron chi connectivity index (χ0n) is 16.4. The molecule has 3 N–H and O–H groups in total. The summed E-state index contributed by atoms with van der Waals surface area (Å²) >= 11 is 1.04. The van der Waals surface area contributed by atoms with Gasteiger partial charge in [0.15, 0.2) is 0 Å². The molecule has 3 aromatic rings. The van der Waals surface area contributed by atoms with Gasteiger partial charge in [0, 0.05) is 5.69 Å².